The van der Waals surface area contributed by atoms with Crippen molar-refractivity contribution in [3.05, 3.63) is 30.3 Å². The molecule has 0 aliphatic carbocycles. The van der Waals surface area contributed by atoms with E-state index in [0.29, 0.717) is 0 Å². The smallest absolute Gasteiger partial charge is 0.132 e. The van der Waals surface area contributed by atoms with E-state index in [0.717, 1.165) is 4.48 Å². The summed E-state index contributed by atoms with van der Waals surface area (Å²) >= 11 is 0. The fourth-order valence-electron chi connectivity index (χ4n) is 2.42. The lowest BCUT2D eigenvalue weighted by Crippen LogP contribution is -2.41. The largest absolute Gasteiger partial charge is 0.296 e. The lowest BCUT2D eigenvalue weighted by molar-refractivity contribution is 0.381. The summed E-state index contributed by atoms with van der Waals surface area (Å²) in [6.45, 7) is 3.53. The number of para-hydroxylation sites is 1. The highest BCUT2D eigenvalue weighted by Gasteiger charge is 2.17. The molecule has 18 heavy (non-hydrogen) atoms. The van der Waals surface area contributed by atoms with Crippen LogP contribution in [0.15, 0.2) is 30.3 Å². The molecule has 0 radical (unpaired) electrons. The number of benzene rings is 1. The van der Waals surface area contributed by atoms with Gasteiger partial charge in [0.05, 0.1) is 20.6 Å². The fraction of sp³-hybridized carbons (Fsp3) is 0.647. The van der Waals surface area contributed by atoms with Crippen LogP contribution in [0.3, 0.4) is 0 Å². The molecule has 1 rings (SSSR count). The Labute approximate surface area is 113 Å². The molecule has 1 aromatic rings. The van der Waals surface area contributed by atoms with Gasteiger partial charge in [-0.25, -0.2) is 0 Å². The minimum atomic E-state index is 1.01. The van der Waals surface area contributed by atoms with Crippen LogP contribution in [0.4, 0.5) is 5.69 Å². The Morgan fingerprint density at radius 3 is 1.94 bits per heavy atom. The first-order valence-electron chi connectivity index (χ1n) is 7.55. The predicted molar refractivity (Wildman–Crippen MR) is 82.9 cm³/mol. The van der Waals surface area contributed by atoms with Crippen molar-refractivity contribution in [2.24, 2.45) is 0 Å². The first-order valence-corrected chi connectivity index (χ1v) is 7.55. The molecule has 0 saturated carbocycles. The van der Waals surface area contributed by atoms with Gasteiger partial charge in [-0.2, -0.15) is 0 Å². The van der Waals surface area contributed by atoms with Crippen LogP contribution in [-0.2, 0) is 0 Å². The maximum atomic E-state index is 2.31. The molecular formula is C17H30N+. The average molecular weight is 248 g/mol. The maximum absolute atomic E-state index is 2.31. The van der Waals surface area contributed by atoms with Gasteiger partial charge < -0.3 is 0 Å². The highest BCUT2D eigenvalue weighted by atomic mass is 15.3. The van der Waals surface area contributed by atoms with Crippen molar-refractivity contribution in [2.45, 2.75) is 51.9 Å². The molecule has 0 heterocycles. The molecule has 1 aromatic carbocycles. The van der Waals surface area contributed by atoms with Gasteiger partial charge in [-0.05, 0) is 25.0 Å². The zero-order valence-electron chi connectivity index (χ0n) is 12.5. The summed E-state index contributed by atoms with van der Waals surface area (Å²) in [5.41, 5.74) is 1.42. The fourth-order valence-corrected chi connectivity index (χ4v) is 2.42. The highest BCUT2D eigenvalue weighted by Crippen LogP contribution is 2.19. The average Bonchev–Trinajstić information content (AvgIpc) is 2.39. The van der Waals surface area contributed by atoms with Gasteiger partial charge in [0.15, 0.2) is 0 Å². The van der Waals surface area contributed by atoms with Gasteiger partial charge in [-0.15, -0.1) is 0 Å². The zero-order chi connectivity index (χ0) is 13.3. The lowest BCUT2D eigenvalue weighted by Gasteiger charge is -2.29. The molecule has 0 aliphatic rings. The quantitative estimate of drug-likeness (QED) is 0.426. The van der Waals surface area contributed by atoms with Gasteiger partial charge in [-0.1, -0.05) is 57.2 Å². The van der Waals surface area contributed by atoms with E-state index in [9.17, 15) is 0 Å². The lowest BCUT2D eigenvalue weighted by atomic mass is 10.1. The number of rotatable bonds is 9. The standard InChI is InChI=1S/C17H30N/c1-4-5-6-7-8-9-13-16-18(2,3)17-14-11-10-12-15-17/h10-12,14-15H,4-9,13,16H2,1-3H3/q+1. The van der Waals surface area contributed by atoms with E-state index >= 15 is 0 Å². The summed E-state index contributed by atoms with van der Waals surface area (Å²) in [5, 5.41) is 0. The molecule has 0 spiro atoms. The first-order chi connectivity index (χ1) is 8.67. The van der Waals surface area contributed by atoms with Gasteiger partial charge in [-0.3, -0.25) is 4.48 Å². The Balaban J connectivity index is 2.18. The van der Waals surface area contributed by atoms with Crippen LogP contribution in [0, 0.1) is 0 Å². The van der Waals surface area contributed by atoms with Gasteiger partial charge >= 0.3 is 0 Å². The number of hydrogen-bond acceptors (Lipinski definition) is 0. The van der Waals surface area contributed by atoms with E-state index in [1.165, 1.54) is 57.2 Å². The minimum Gasteiger partial charge on any atom is -0.296 e. The third-order valence-corrected chi connectivity index (χ3v) is 3.78. The maximum Gasteiger partial charge on any atom is 0.132 e. The van der Waals surface area contributed by atoms with Gasteiger partial charge in [0.2, 0.25) is 0 Å². The SMILES string of the molecule is CCCCCCCCC[N+](C)(C)c1ccccc1. The van der Waals surface area contributed by atoms with Crippen LogP contribution >= 0.6 is 0 Å². The number of nitrogens with zero attached hydrogens (tertiary/aromatic N) is 1. The third-order valence-electron chi connectivity index (χ3n) is 3.78. The summed E-state index contributed by atoms with van der Waals surface area (Å²) in [6, 6.07) is 10.8. The number of hydrogen-bond donors (Lipinski definition) is 0. The van der Waals surface area contributed by atoms with E-state index in [-0.39, 0.29) is 0 Å². The summed E-state index contributed by atoms with van der Waals surface area (Å²) in [5.74, 6) is 0. The molecule has 0 saturated heterocycles. The van der Waals surface area contributed by atoms with Gasteiger partial charge in [0, 0.05) is 0 Å². The van der Waals surface area contributed by atoms with Crippen LogP contribution in [0.25, 0.3) is 0 Å². The Kier molecular flexibility index (Phi) is 7.04. The third kappa shape index (κ3) is 5.68. The Morgan fingerprint density at radius 2 is 1.33 bits per heavy atom. The van der Waals surface area contributed by atoms with Crippen LogP contribution in [0.1, 0.15) is 51.9 Å². The van der Waals surface area contributed by atoms with E-state index in [1.807, 2.05) is 0 Å². The van der Waals surface area contributed by atoms with Crippen molar-refractivity contribution >= 4 is 5.69 Å². The van der Waals surface area contributed by atoms with Crippen LogP contribution in [-0.4, -0.2) is 20.6 Å². The number of quaternary nitrogens is 1. The molecule has 0 fully saturated rings. The van der Waals surface area contributed by atoms with Gasteiger partial charge in [0.25, 0.3) is 0 Å². The molecule has 0 amide bonds. The normalized spacial score (nSPS) is 11.7. The summed E-state index contributed by atoms with van der Waals surface area (Å²) in [6.07, 6.45) is 9.74. The van der Waals surface area contributed by atoms with E-state index in [2.05, 4.69) is 51.4 Å². The molecule has 0 aliphatic heterocycles. The molecule has 0 aromatic heterocycles. The van der Waals surface area contributed by atoms with Crippen molar-refractivity contribution in [1.29, 1.82) is 0 Å². The van der Waals surface area contributed by atoms with Crippen LogP contribution < -0.4 is 4.48 Å². The molecule has 0 unspecified atom stereocenters. The molecule has 1 heteroatoms. The van der Waals surface area contributed by atoms with Crippen molar-refractivity contribution < 1.29 is 0 Å². The molecule has 102 valence electrons. The van der Waals surface area contributed by atoms with E-state index in [1.54, 1.807) is 0 Å². The van der Waals surface area contributed by atoms with Crippen LogP contribution in [0.5, 0.6) is 0 Å². The number of unbranched alkanes of at least 4 members (excludes halogenated alkanes) is 6. The van der Waals surface area contributed by atoms with E-state index < -0.39 is 0 Å². The Bertz CT molecular complexity index is 303. The van der Waals surface area contributed by atoms with E-state index in [4.69, 9.17) is 0 Å². The zero-order valence-corrected chi connectivity index (χ0v) is 12.5. The van der Waals surface area contributed by atoms with Crippen molar-refractivity contribution in [1.82, 2.24) is 4.48 Å². The second-order valence-corrected chi connectivity index (χ2v) is 5.87. The second kappa shape index (κ2) is 8.31. The molecule has 0 N–H and O–H groups in total. The highest BCUT2D eigenvalue weighted by molar-refractivity contribution is 5.40. The van der Waals surface area contributed by atoms with Crippen LogP contribution in [0.2, 0.25) is 0 Å². The van der Waals surface area contributed by atoms with Crippen molar-refractivity contribution in [3.63, 3.8) is 0 Å². The summed E-state index contributed by atoms with van der Waals surface area (Å²) in [4.78, 5) is 0. The molecular weight excluding hydrogens is 218 g/mol. The summed E-state index contributed by atoms with van der Waals surface area (Å²) < 4.78 is 1.01. The second-order valence-electron chi connectivity index (χ2n) is 5.87. The van der Waals surface area contributed by atoms with Gasteiger partial charge in [0.1, 0.15) is 5.69 Å². The predicted octanol–water partition coefficient (Wildman–Crippen LogP) is 5.00. The molecule has 0 atom stereocenters. The summed E-state index contributed by atoms with van der Waals surface area (Å²) in [7, 11) is 4.62. The monoisotopic (exact) mass is 248 g/mol. The van der Waals surface area contributed by atoms with Crippen molar-refractivity contribution in [3.8, 4) is 0 Å². The molecule has 0 bridgehead atoms. The first kappa shape index (κ1) is 15.2. The molecule has 1 nitrogen and oxygen atoms in total. The topological polar surface area (TPSA) is 0 Å². The van der Waals surface area contributed by atoms with Crippen molar-refractivity contribution in [2.75, 3.05) is 20.6 Å². The Morgan fingerprint density at radius 1 is 0.778 bits per heavy atom. The minimum absolute atomic E-state index is 1.01. The Hall–Kier alpha value is -0.820.